The van der Waals surface area contributed by atoms with Gasteiger partial charge in [-0.15, -0.1) is 24.0 Å². The molecule has 6 heteroatoms. The molecule has 2 unspecified atom stereocenters. The molecule has 1 aliphatic rings. The average molecular weight is 483 g/mol. The van der Waals surface area contributed by atoms with Gasteiger partial charge in [0.1, 0.15) is 5.82 Å². The zero-order valence-corrected chi connectivity index (χ0v) is 17.8. The van der Waals surface area contributed by atoms with Gasteiger partial charge in [0.25, 0.3) is 0 Å². The molecule has 0 aromatic heterocycles. The number of hydrogen-bond acceptors (Lipinski definition) is 2. The van der Waals surface area contributed by atoms with E-state index >= 15 is 0 Å². The van der Waals surface area contributed by atoms with E-state index in [0.717, 1.165) is 32.0 Å². The van der Waals surface area contributed by atoms with Crippen LogP contribution in [0.1, 0.15) is 36.5 Å². The molecule has 1 aliphatic heterocycles. The molecule has 4 nitrogen and oxygen atoms in total. The first-order valence-electron chi connectivity index (χ1n) is 9.19. The quantitative estimate of drug-likeness (QED) is 0.385. The lowest BCUT2D eigenvalue weighted by atomic mass is 9.99. The lowest BCUT2D eigenvalue weighted by Crippen LogP contribution is -2.40. The van der Waals surface area contributed by atoms with Crippen LogP contribution in [0.15, 0.2) is 59.6 Å². The molecular formula is C21H27FIN3O. The molecule has 2 N–H and O–H groups in total. The second-order valence-corrected chi connectivity index (χ2v) is 6.60. The standard InChI is InChI=1S/C21H26FN3O.HI/c1-2-23-21(24-14-20(26)17-8-10-19(22)11-9-17)25-13-12-18(15-25)16-6-4-3-5-7-16;/h3-11,18,20,26H,2,12-15H2,1H3,(H,23,24);1H. The van der Waals surface area contributed by atoms with Crippen molar-refractivity contribution in [2.45, 2.75) is 25.4 Å². The number of guanidine groups is 1. The van der Waals surface area contributed by atoms with Crippen molar-refractivity contribution in [2.24, 2.45) is 4.99 Å². The number of likely N-dealkylation sites (tertiary alicyclic amines) is 1. The molecule has 0 radical (unpaired) electrons. The van der Waals surface area contributed by atoms with Crippen LogP contribution in [-0.4, -0.2) is 42.1 Å². The summed E-state index contributed by atoms with van der Waals surface area (Å²) in [7, 11) is 0. The summed E-state index contributed by atoms with van der Waals surface area (Å²) in [6, 6.07) is 16.5. The van der Waals surface area contributed by atoms with E-state index in [1.807, 2.05) is 13.0 Å². The van der Waals surface area contributed by atoms with Gasteiger partial charge in [0.2, 0.25) is 0 Å². The minimum Gasteiger partial charge on any atom is -0.386 e. The van der Waals surface area contributed by atoms with E-state index in [0.29, 0.717) is 11.5 Å². The number of halogens is 2. The van der Waals surface area contributed by atoms with Crippen LogP contribution in [0.3, 0.4) is 0 Å². The molecule has 1 heterocycles. The normalized spacial score (nSPS) is 18.1. The van der Waals surface area contributed by atoms with Gasteiger partial charge in [-0.25, -0.2) is 4.39 Å². The number of aliphatic imine (C=N–C) groups is 1. The SMILES string of the molecule is CCNC(=NCC(O)c1ccc(F)cc1)N1CCC(c2ccccc2)C1.I. The molecule has 1 saturated heterocycles. The maximum absolute atomic E-state index is 13.0. The summed E-state index contributed by atoms with van der Waals surface area (Å²) in [6.45, 7) is 4.93. The fourth-order valence-electron chi connectivity index (χ4n) is 3.34. The summed E-state index contributed by atoms with van der Waals surface area (Å²) in [5.74, 6) is 1.02. The van der Waals surface area contributed by atoms with Crippen molar-refractivity contribution in [1.82, 2.24) is 10.2 Å². The Hall–Kier alpha value is -1.67. The summed E-state index contributed by atoms with van der Waals surface area (Å²) in [5.41, 5.74) is 2.03. The molecular weight excluding hydrogens is 456 g/mol. The van der Waals surface area contributed by atoms with Crippen molar-refractivity contribution >= 4 is 29.9 Å². The molecule has 27 heavy (non-hydrogen) atoms. The molecule has 146 valence electrons. The summed E-state index contributed by atoms with van der Waals surface area (Å²) in [5, 5.41) is 13.6. The van der Waals surface area contributed by atoms with Crippen LogP contribution in [0.2, 0.25) is 0 Å². The largest absolute Gasteiger partial charge is 0.386 e. The maximum atomic E-state index is 13.0. The molecule has 1 fully saturated rings. The molecule has 2 atom stereocenters. The lowest BCUT2D eigenvalue weighted by Gasteiger charge is -2.22. The second-order valence-electron chi connectivity index (χ2n) is 6.60. The Labute approximate surface area is 177 Å². The van der Waals surface area contributed by atoms with Crippen LogP contribution >= 0.6 is 24.0 Å². The number of aliphatic hydroxyl groups is 1. The first-order chi connectivity index (χ1) is 12.7. The molecule has 2 aromatic carbocycles. The Morgan fingerprint density at radius 3 is 2.59 bits per heavy atom. The van der Waals surface area contributed by atoms with Gasteiger partial charge in [0.15, 0.2) is 5.96 Å². The van der Waals surface area contributed by atoms with Crippen molar-refractivity contribution in [1.29, 1.82) is 0 Å². The third kappa shape index (κ3) is 5.90. The topological polar surface area (TPSA) is 47.9 Å². The number of benzene rings is 2. The highest BCUT2D eigenvalue weighted by Crippen LogP contribution is 2.27. The summed E-state index contributed by atoms with van der Waals surface area (Å²) in [6.07, 6.45) is 0.353. The van der Waals surface area contributed by atoms with E-state index in [1.54, 1.807) is 12.1 Å². The molecule has 0 amide bonds. The smallest absolute Gasteiger partial charge is 0.194 e. The van der Waals surface area contributed by atoms with Crippen LogP contribution in [0.5, 0.6) is 0 Å². The van der Waals surface area contributed by atoms with Crippen LogP contribution in [0.4, 0.5) is 4.39 Å². The Balaban J connectivity index is 0.00000261. The molecule has 0 bridgehead atoms. The summed E-state index contributed by atoms with van der Waals surface area (Å²) < 4.78 is 13.0. The van der Waals surface area contributed by atoms with Crippen molar-refractivity contribution in [3.05, 3.63) is 71.5 Å². The minimum absolute atomic E-state index is 0. The summed E-state index contributed by atoms with van der Waals surface area (Å²) in [4.78, 5) is 6.86. The Kier molecular flexibility index (Phi) is 8.50. The zero-order chi connectivity index (χ0) is 18.4. The van der Waals surface area contributed by atoms with Crippen LogP contribution < -0.4 is 5.32 Å². The zero-order valence-electron chi connectivity index (χ0n) is 15.5. The first-order valence-corrected chi connectivity index (χ1v) is 9.19. The van der Waals surface area contributed by atoms with Gasteiger partial charge in [-0.1, -0.05) is 42.5 Å². The number of rotatable bonds is 5. The average Bonchev–Trinajstić information content (AvgIpc) is 3.16. The van der Waals surface area contributed by atoms with Gasteiger partial charge in [-0.2, -0.15) is 0 Å². The molecule has 0 aliphatic carbocycles. The van der Waals surface area contributed by atoms with Crippen molar-refractivity contribution in [2.75, 3.05) is 26.2 Å². The number of nitrogens with zero attached hydrogens (tertiary/aromatic N) is 2. The van der Waals surface area contributed by atoms with Gasteiger partial charge in [-0.3, -0.25) is 4.99 Å². The van der Waals surface area contributed by atoms with Crippen molar-refractivity contribution < 1.29 is 9.50 Å². The van der Waals surface area contributed by atoms with Gasteiger partial charge in [0, 0.05) is 25.6 Å². The maximum Gasteiger partial charge on any atom is 0.194 e. The third-order valence-electron chi connectivity index (χ3n) is 4.76. The summed E-state index contributed by atoms with van der Waals surface area (Å²) >= 11 is 0. The van der Waals surface area contributed by atoms with E-state index in [-0.39, 0.29) is 36.3 Å². The number of hydrogen-bond donors (Lipinski definition) is 2. The van der Waals surface area contributed by atoms with Crippen molar-refractivity contribution in [3.8, 4) is 0 Å². The predicted octanol–water partition coefficient (Wildman–Crippen LogP) is 3.93. The Morgan fingerprint density at radius 1 is 1.22 bits per heavy atom. The van der Waals surface area contributed by atoms with Crippen molar-refractivity contribution in [3.63, 3.8) is 0 Å². The molecule has 2 aromatic rings. The van der Waals surface area contributed by atoms with E-state index < -0.39 is 6.10 Å². The fraction of sp³-hybridized carbons (Fsp3) is 0.381. The van der Waals surface area contributed by atoms with E-state index in [2.05, 4.69) is 39.5 Å². The minimum atomic E-state index is -0.739. The van der Waals surface area contributed by atoms with E-state index in [4.69, 9.17) is 0 Å². The fourth-order valence-corrected chi connectivity index (χ4v) is 3.34. The molecule has 0 saturated carbocycles. The van der Waals surface area contributed by atoms with Gasteiger partial charge >= 0.3 is 0 Å². The van der Waals surface area contributed by atoms with E-state index in [1.165, 1.54) is 17.7 Å². The van der Waals surface area contributed by atoms with Gasteiger partial charge in [0.05, 0.1) is 12.6 Å². The monoisotopic (exact) mass is 483 g/mol. The molecule has 3 rings (SSSR count). The van der Waals surface area contributed by atoms with Crippen LogP contribution in [0, 0.1) is 5.82 Å². The Bertz CT molecular complexity index is 724. The van der Waals surface area contributed by atoms with Crippen LogP contribution in [-0.2, 0) is 0 Å². The van der Waals surface area contributed by atoms with Gasteiger partial charge < -0.3 is 15.3 Å². The predicted molar refractivity (Wildman–Crippen MR) is 118 cm³/mol. The highest BCUT2D eigenvalue weighted by molar-refractivity contribution is 14.0. The van der Waals surface area contributed by atoms with E-state index in [9.17, 15) is 9.50 Å². The highest BCUT2D eigenvalue weighted by Gasteiger charge is 2.26. The highest BCUT2D eigenvalue weighted by atomic mass is 127. The van der Waals surface area contributed by atoms with Crippen LogP contribution in [0.25, 0.3) is 0 Å². The first kappa shape index (κ1) is 21.6. The number of nitrogens with one attached hydrogen (secondary N) is 1. The lowest BCUT2D eigenvalue weighted by molar-refractivity contribution is 0.186. The Morgan fingerprint density at radius 2 is 1.93 bits per heavy atom. The third-order valence-corrected chi connectivity index (χ3v) is 4.76. The van der Waals surface area contributed by atoms with Gasteiger partial charge in [-0.05, 0) is 36.6 Å². The molecule has 0 spiro atoms. The second kappa shape index (κ2) is 10.6. The number of aliphatic hydroxyl groups excluding tert-OH is 1.